The average molecular weight is 260 g/mol. The third kappa shape index (κ3) is 2.95. The monoisotopic (exact) mass is 260 g/mol. The molecule has 1 fully saturated rings. The number of amides is 2. The fourth-order valence-electron chi connectivity index (χ4n) is 2.58. The summed E-state index contributed by atoms with van der Waals surface area (Å²) in [6.45, 7) is 4.30. The summed E-state index contributed by atoms with van der Waals surface area (Å²) in [7, 11) is 0. The smallest absolute Gasteiger partial charge is 0.245 e. The zero-order chi connectivity index (χ0) is 13.8. The number of rotatable bonds is 3. The highest BCUT2D eigenvalue weighted by atomic mass is 16.2. The van der Waals surface area contributed by atoms with Gasteiger partial charge in [-0.05, 0) is 18.9 Å². The molecule has 0 bridgehead atoms. The molecule has 1 aromatic rings. The van der Waals surface area contributed by atoms with E-state index < -0.39 is 6.04 Å². The minimum atomic E-state index is -0.437. The molecule has 1 N–H and O–H groups in total. The fourth-order valence-corrected chi connectivity index (χ4v) is 2.58. The van der Waals surface area contributed by atoms with Crippen LogP contribution in [0.1, 0.15) is 38.3 Å². The van der Waals surface area contributed by atoms with Crippen LogP contribution in [0.15, 0.2) is 30.3 Å². The first-order chi connectivity index (χ1) is 9.13. The van der Waals surface area contributed by atoms with E-state index >= 15 is 0 Å². The average Bonchev–Trinajstić information content (AvgIpc) is 2.54. The van der Waals surface area contributed by atoms with Gasteiger partial charge in [0.25, 0.3) is 0 Å². The molecule has 0 aliphatic carbocycles. The molecule has 4 heteroatoms. The maximum absolute atomic E-state index is 12.4. The first-order valence-corrected chi connectivity index (χ1v) is 6.78. The Balaban J connectivity index is 2.26. The molecule has 1 aliphatic heterocycles. The van der Waals surface area contributed by atoms with Crippen LogP contribution >= 0.6 is 0 Å². The van der Waals surface area contributed by atoms with Crippen molar-refractivity contribution in [3.8, 4) is 0 Å². The standard InChI is InChI=1S/C15H20N2O2/c1-3-13(12-7-5-4-6-8-12)17-10-9-14(18)16-11(2)15(17)19/h4-8,11,13H,3,9-10H2,1-2H3,(H,16,18). The fraction of sp³-hybridized carbons (Fsp3) is 0.467. The topological polar surface area (TPSA) is 49.4 Å². The van der Waals surface area contributed by atoms with Crippen LogP contribution in [0.25, 0.3) is 0 Å². The molecule has 2 atom stereocenters. The number of carbonyl (C=O) groups is 2. The van der Waals surface area contributed by atoms with Crippen LogP contribution in [0.2, 0.25) is 0 Å². The molecule has 0 aromatic heterocycles. The highest BCUT2D eigenvalue weighted by Gasteiger charge is 2.31. The van der Waals surface area contributed by atoms with Crippen molar-refractivity contribution in [2.24, 2.45) is 0 Å². The van der Waals surface area contributed by atoms with E-state index in [2.05, 4.69) is 12.2 Å². The van der Waals surface area contributed by atoms with Crippen molar-refractivity contribution >= 4 is 11.8 Å². The molecule has 2 unspecified atom stereocenters. The van der Waals surface area contributed by atoms with Crippen LogP contribution in [-0.4, -0.2) is 29.3 Å². The number of nitrogens with one attached hydrogen (secondary N) is 1. The lowest BCUT2D eigenvalue weighted by atomic mass is 10.0. The largest absolute Gasteiger partial charge is 0.345 e. The quantitative estimate of drug-likeness (QED) is 0.902. The van der Waals surface area contributed by atoms with Gasteiger partial charge in [-0.2, -0.15) is 0 Å². The van der Waals surface area contributed by atoms with Gasteiger partial charge in [0, 0.05) is 13.0 Å². The number of hydrogen-bond donors (Lipinski definition) is 1. The van der Waals surface area contributed by atoms with Crippen molar-refractivity contribution in [2.75, 3.05) is 6.54 Å². The van der Waals surface area contributed by atoms with E-state index in [4.69, 9.17) is 0 Å². The third-order valence-electron chi connectivity index (χ3n) is 3.56. The summed E-state index contributed by atoms with van der Waals surface area (Å²) in [6, 6.07) is 9.60. The van der Waals surface area contributed by atoms with Crippen molar-refractivity contribution in [3.63, 3.8) is 0 Å². The van der Waals surface area contributed by atoms with Gasteiger partial charge in [-0.3, -0.25) is 9.59 Å². The van der Waals surface area contributed by atoms with Gasteiger partial charge in [-0.1, -0.05) is 37.3 Å². The van der Waals surface area contributed by atoms with E-state index in [0.717, 1.165) is 12.0 Å². The molecule has 1 saturated heterocycles. The van der Waals surface area contributed by atoms with Crippen molar-refractivity contribution in [3.05, 3.63) is 35.9 Å². The van der Waals surface area contributed by atoms with Crippen molar-refractivity contribution in [2.45, 2.75) is 38.8 Å². The normalized spacial score (nSPS) is 21.8. The summed E-state index contributed by atoms with van der Waals surface area (Å²) >= 11 is 0. The zero-order valence-corrected chi connectivity index (χ0v) is 11.4. The third-order valence-corrected chi connectivity index (χ3v) is 3.56. The second-order valence-electron chi connectivity index (χ2n) is 4.91. The number of nitrogens with zero attached hydrogens (tertiary/aromatic N) is 1. The highest BCUT2D eigenvalue weighted by molar-refractivity contribution is 5.89. The van der Waals surface area contributed by atoms with Crippen molar-refractivity contribution in [1.29, 1.82) is 0 Å². The van der Waals surface area contributed by atoms with Gasteiger partial charge >= 0.3 is 0 Å². The van der Waals surface area contributed by atoms with Gasteiger partial charge in [-0.15, -0.1) is 0 Å². The van der Waals surface area contributed by atoms with Crippen molar-refractivity contribution in [1.82, 2.24) is 10.2 Å². The summed E-state index contributed by atoms with van der Waals surface area (Å²) in [5.41, 5.74) is 1.12. The molecule has 0 spiro atoms. The van der Waals surface area contributed by atoms with E-state index in [1.54, 1.807) is 6.92 Å². The maximum Gasteiger partial charge on any atom is 0.245 e. The summed E-state index contributed by atoms with van der Waals surface area (Å²) < 4.78 is 0. The van der Waals surface area contributed by atoms with Gasteiger partial charge in [0.15, 0.2) is 0 Å². The molecule has 0 saturated carbocycles. The lowest BCUT2D eigenvalue weighted by molar-refractivity contribution is -0.135. The molecule has 102 valence electrons. The molecule has 1 aliphatic rings. The van der Waals surface area contributed by atoms with E-state index in [1.165, 1.54) is 0 Å². The SMILES string of the molecule is CCC(c1ccccc1)N1CCC(=O)NC(C)C1=O. The minimum Gasteiger partial charge on any atom is -0.345 e. The summed E-state index contributed by atoms with van der Waals surface area (Å²) in [5, 5.41) is 2.72. The zero-order valence-electron chi connectivity index (χ0n) is 11.4. The second-order valence-corrected chi connectivity index (χ2v) is 4.91. The molecular weight excluding hydrogens is 240 g/mol. The van der Waals surface area contributed by atoms with Crippen molar-refractivity contribution < 1.29 is 9.59 Å². The number of carbonyl (C=O) groups excluding carboxylic acids is 2. The Labute approximate surface area is 113 Å². The molecule has 2 rings (SSSR count). The van der Waals surface area contributed by atoms with Gasteiger partial charge < -0.3 is 10.2 Å². The summed E-state index contributed by atoms with van der Waals surface area (Å²) in [4.78, 5) is 25.7. The molecule has 19 heavy (non-hydrogen) atoms. The minimum absolute atomic E-state index is 0.00144. The lowest BCUT2D eigenvalue weighted by Crippen LogP contribution is -2.44. The van der Waals surface area contributed by atoms with Gasteiger partial charge in [-0.25, -0.2) is 0 Å². The molecule has 4 nitrogen and oxygen atoms in total. The predicted octanol–water partition coefficient (Wildman–Crippen LogP) is 1.87. The lowest BCUT2D eigenvalue weighted by Gasteiger charge is -2.31. The van der Waals surface area contributed by atoms with Crippen LogP contribution in [0.5, 0.6) is 0 Å². The van der Waals surface area contributed by atoms with E-state index in [-0.39, 0.29) is 17.9 Å². The Hall–Kier alpha value is -1.84. The van der Waals surface area contributed by atoms with Crippen LogP contribution in [0.4, 0.5) is 0 Å². The second kappa shape index (κ2) is 5.87. The van der Waals surface area contributed by atoms with Gasteiger partial charge in [0.05, 0.1) is 6.04 Å². The number of benzene rings is 1. The van der Waals surface area contributed by atoms with Crippen LogP contribution in [-0.2, 0) is 9.59 Å². The highest BCUT2D eigenvalue weighted by Crippen LogP contribution is 2.25. The Morgan fingerprint density at radius 2 is 2.00 bits per heavy atom. The Bertz CT molecular complexity index is 458. The summed E-state index contributed by atoms with van der Waals surface area (Å²) in [5.74, 6) is -0.0483. The van der Waals surface area contributed by atoms with E-state index in [9.17, 15) is 9.59 Å². The molecule has 0 radical (unpaired) electrons. The first-order valence-electron chi connectivity index (χ1n) is 6.78. The molecule has 2 amide bonds. The predicted molar refractivity (Wildman–Crippen MR) is 73.4 cm³/mol. The van der Waals surface area contributed by atoms with E-state index in [1.807, 2.05) is 35.2 Å². The van der Waals surface area contributed by atoms with Gasteiger partial charge in [0.1, 0.15) is 6.04 Å². The Morgan fingerprint density at radius 3 is 2.63 bits per heavy atom. The Morgan fingerprint density at radius 1 is 1.32 bits per heavy atom. The van der Waals surface area contributed by atoms with Crippen LogP contribution < -0.4 is 5.32 Å². The van der Waals surface area contributed by atoms with Crippen LogP contribution in [0, 0.1) is 0 Å². The number of hydrogen-bond acceptors (Lipinski definition) is 2. The van der Waals surface area contributed by atoms with Gasteiger partial charge in [0.2, 0.25) is 11.8 Å². The maximum atomic E-state index is 12.4. The molecular formula is C15H20N2O2. The summed E-state index contributed by atoms with van der Waals surface area (Å²) in [6.07, 6.45) is 1.22. The van der Waals surface area contributed by atoms with Crippen LogP contribution in [0.3, 0.4) is 0 Å². The molecule has 1 heterocycles. The first kappa shape index (κ1) is 13.6. The Kier molecular flexibility index (Phi) is 4.20. The van der Waals surface area contributed by atoms with E-state index in [0.29, 0.717) is 13.0 Å². The molecule has 1 aromatic carbocycles.